The number of hydrogen-bond acceptors (Lipinski definition) is 6. The van der Waals surface area contributed by atoms with Crippen LogP contribution in [0.4, 0.5) is 4.39 Å². The summed E-state index contributed by atoms with van der Waals surface area (Å²) < 4.78 is 45.0. The number of rotatable bonds is 5. The van der Waals surface area contributed by atoms with E-state index in [0.29, 0.717) is 6.42 Å². The summed E-state index contributed by atoms with van der Waals surface area (Å²) in [7, 11) is -3.99. The topological polar surface area (TPSA) is 113 Å². The third kappa shape index (κ3) is 4.30. The SMILES string of the molecule is O=C1CC[C@H](C(=O)OCC(=O)N2CCN(S(=O)(=O)c3ccccc3F)CC2)N1. The summed E-state index contributed by atoms with van der Waals surface area (Å²) in [5.74, 6) is -2.19. The summed E-state index contributed by atoms with van der Waals surface area (Å²) in [4.78, 5) is 36.1. The maximum atomic E-state index is 13.8. The Kier molecular flexibility index (Phi) is 5.94. The molecule has 2 heterocycles. The molecule has 1 atom stereocenters. The van der Waals surface area contributed by atoms with Gasteiger partial charge in [0.15, 0.2) is 6.61 Å². The minimum atomic E-state index is -3.99. The summed E-state index contributed by atoms with van der Waals surface area (Å²) >= 11 is 0. The molecule has 28 heavy (non-hydrogen) atoms. The molecule has 11 heteroatoms. The molecule has 0 bridgehead atoms. The van der Waals surface area contributed by atoms with Crippen LogP contribution in [0.25, 0.3) is 0 Å². The predicted molar refractivity (Wildman–Crippen MR) is 93.9 cm³/mol. The highest BCUT2D eigenvalue weighted by atomic mass is 32.2. The predicted octanol–water partition coefficient (Wildman–Crippen LogP) is -0.520. The van der Waals surface area contributed by atoms with Crippen molar-refractivity contribution in [3.05, 3.63) is 30.1 Å². The summed E-state index contributed by atoms with van der Waals surface area (Å²) in [6.45, 7) is -0.260. The highest BCUT2D eigenvalue weighted by molar-refractivity contribution is 7.89. The fourth-order valence-corrected chi connectivity index (χ4v) is 4.57. The maximum absolute atomic E-state index is 13.8. The summed E-state index contributed by atoms with van der Waals surface area (Å²) in [6.07, 6.45) is 0.574. The van der Waals surface area contributed by atoms with Gasteiger partial charge in [-0.3, -0.25) is 9.59 Å². The fraction of sp³-hybridized carbons (Fsp3) is 0.471. The number of piperazine rings is 1. The largest absolute Gasteiger partial charge is 0.454 e. The van der Waals surface area contributed by atoms with Crippen molar-refractivity contribution in [1.29, 1.82) is 0 Å². The van der Waals surface area contributed by atoms with Gasteiger partial charge in [0.05, 0.1) is 0 Å². The monoisotopic (exact) mass is 413 g/mol. The molecule has 0 aromatic heterocycles. The molecule has 3 rings (SSSR count). The van der Waals surface area contributed by atoms with E-state index in [0.717, 1.165) is 10.4 Å². The van der Waals surface area contributed by atoms with Gasteiger partial charge in [0, 0.05) is 32.6 Å². The molecule has 0 aliphatic carbocycles. The van der Waals surface area contributed by atoms with Crippen LogP contribution in [0.15, 0.2) is 29.2 Å². The molecule has 2 amide bonds. The molecule has 1 N–H and O–H groups in total. The Morgan fingerprint density at radius 2 is 1.86 bits per heavy atom. The van der Waals surface area contributed by atoms with E-state index < -0.39 is 45.3 Å². The third-order valence-corrected chi connectivity index (χ3v) is 6.60. The molecular weight excluding hydrogens is 393 g/mol. The van der Waals surface area contributed by atoms with Gasteiger partial charge in [0.2, 0.25) is 15.9 Å². The molecule has 9 nitrogen and oxygen atoms in total. The van der Waals surface area contributed by atoms with Crippen LogP contribution >= 0.6 is 0 Å². The zero-order valence-corrected chi connectivity index (χ0v) is 15.8. The molecular formula is C17H20FN3O6S. The number of amides is 2. The van der Waals surface area contributed by atoms with Crippen molar-refractivity contribution in [2.24, 2.45) is 0 Å². The number of nitrogens with zero attached hydrogens (tertiary/aromatic N) is 2. The number of carbonyl (C=O) groups is 3. The van der Waals surface area contributed by atoms with Crippen LogP contribution in [0, 0.1) is 5.82 Å². The zero-order valence-electron chi connectivity index (χ0n) is 15.0. The minimum Gasteiger partial charge on any atom is -0.454 e. The van der Waals surface area contributed by atoms with Crippen molar-refractivity contribution in [3.8, 4) is 0 Å². The molecule has 0 spiro atoms. The Labute approximate surface area is 161 Å². The van der Waals surface area contributed by atoms with E-state index in [4.69, 9.17) is 4.74 Å². The lowest BCUT2D eigenvalue weighted by Gasteiger charge is -2.34. The first kappa shape index (κ1) is 20.2. The number of sulfonamides is 1. The van der Waals surface area contributed by atoms with Crippen molar-refractivity contribution in [2.75, 3.05) is 32.8 Å². The quantitative estimate of drug-likeness (QED) is 0.650. The number of hydrogen-bond donors (Lipinski definition) is 1. The normalized spacial score (nSPS) is 20.7. The second-order valence-electron chi connectivity index (χ2n) is 6.48. The maximum Gasteiger partial charge on any atom is 0.329 e. The molecule has 1 aromatic rings. The lowest BCUT2D eigenvalue weighted by molar-refractivity contribution is -0.154. The smallest absolute Gasteiger partial charge is 0.329 e. The van der Waals surface area contributed by atoms with Gasteiger partial charge in [-0.15, -0.1) is 0 Å². The van der Waals surface area contributed by atoms with Crippen LogP contribution < -0.4 is 5.32 Å². The highest BCUT2D eigenvalue weighted by Gasteiger charge is 2.33. The van der Waals surface area contributed by atoms with Gasteiger partial charge in [-0.05, 0) is 18.6 Å². The van der Waals surface area contributed by atoms with E-state index in [1.807, 2.05) is 0 Å². The van der Waals surface area contributed by atoms with Gasteiger partial charge in [-0.1, -0.05) is 12.1 Å². The zero-order chi connectivity index (χ0) is 20.3. The Bertz CT molecular complexity index is 883. The van der Waals surface area contributed by atoms with Gasteiger partial charge >= 0.3 is 5.97 Å². The second kappa shape index (κ2) is 8.23. The number of ether oxygens (including phenoxy) is 1. The summed E-state index contributed by atoms with van der Waals surface area (Å²) in [5.41, 5.74) is 0. The average Bonchev–Trinajstić information content (AvgIpc) is 3.12. The van der Waals surface area contributed by atoms with E-state index in [9.17, 15) is 27.2 Å². The highest BCUT2D eigenvalue weighted by Crippen LogP contribution is 2.20. The first-order chi connectivity index (χ1) is 13.3. The second-order valence-corrected chi connectivity index (χ2v) is 8.39. The Morgan fingerprint density at radius 3 is 2.46 bits per heavy atom. The first-order valence-corrected chi connectivity index (χ1v) is 10.2. The van der Waals surface area contributed by atoms with Crippen LogP contribution in [0.3, 0.4) is 0 Å². The number of benzene rings is 1. The number of halogens is 1. The van der Waals surface area contributed by atoms with Crippen LogP contribution in [-0.4, -0.2) is 74.2 Å². The molecule has 1 aromatic carbocycles. The van der Waals surface area contributed by atoms with Crippen molar-refractivity contribution >= 4 is 27.8 Å². The van der Waals surface area contributed by atoms with E-state index in [2.05, 4.69) is 5.32 Å². The number of nitrogens with one attached hydrogen (secondary N) is 1. The first-order valence-electron chi connectivity index (χ1n) is 8.77. The van der Waals surface area contributed by atoms with Gasteiger partial charge < -0.3 is 15.0 Å². The Hall–Kier alpha value is -2.53. The molecule has 0 saturated carbocycles. The molecule has 0 unspecified atom stereocenters. The minimum absolute atomic E-state index is 0.00896. The van der Waals surface area contributed by atoms with Crippen molar-refractivity contribution in [2.45, 2.75) is 23.8 Å². The van der Waals surface area contributed by atoms with Crippen molar-refractivity contribution in [1.82, 2.24) is 14.5 Å². The molecule has 2 saturated heterocycles. The Morgan fingerprint density at radius 1 is 1.18 bits per heavy atom. The molecule has 2 aliphatic rings. The lowest BCUT2D eigenvalue weighted by Crippen LogP contribution is -2.51. The van der Waals surface area contributed by atoms with E-state index >= 15 is 0 Å². The average molecular weight is 413 g/mol. The number of carbonyl (C=O) groups excluding carboxylic acids is 3. The summed E-state index contributed by atoms with van der Waals surface area (Å²) in [6, 6.07) is 4.39. The molecule has 2 fully saturated rings. The third-order valence-electron chi connectivity index (χ3n) is 4.66. The van der Waals surface area contributed by atoms with E-state index in [-0.39, 0.29) is 38.5 Å². The van der Waals surface area contributed by atoms with Crippen LogP contribution in [-0.2, 0) is 29.1 Å². The molecule has 2 aliphatic heterocycles. The molecule has 152 valence electrons. The van der Waals surface area contributed by atoms with E-state index in [1.165, 1.54) is 23.1 Å². The number of esters is 1. The Balaban J connectivity index is 1.51. The fourth-order valence-electron chi connectivity index (χ4n) is 3.09. The van der Waals surface area contributed by atoms with Crippen molar-refractivity contribution in [3.63, 3.8) is 0 Å². The van der Waals surface area contributed by atoms with Gasteiger partial charge in [0.1, 0.15) is 16.8 Å². The molecule has 0 radical (unpaired) electrons. The van der Waals surface area contributed by atoms with Gasteiger partial charge in [-0.25, -0.2) is 17.6 Å². The summed E-state index contributed by atoms with van der Waals surface area (Å²) in [5, 5.41) is 2.46. The van der Waals surface area contributed by atoms with Gasteiger partial charge in [-0.2, -0.15) is 4.31 Å². The van der Waals surface area contributed by atoms with Crippen LogP contribution in [0.2, 0.25) is 0 Å². The standard InChI is InChI=1S/C17H20FN3O6S/c18-12-3-1-2-4-14(12)28(25,26)21-9-7-20(8-10-21)16(23)11-27-17(24)13-5-6-15(22)19-13/h1-4,13H,5-11H2,(H,19,22)/t13-/m1/s1. The lowest BCUT2D eigenvalue weighted by atomic mass is 10.2. The van der Waals surface area contributed by atoms with Crippen LogP contribution in [0.5, 0.6) is 0 Å². The van der Waals surface area contributed by atoms with Gasteiger partial charge in [0.25, 0.3) is 5.91 Å². The van der Waals surface area contributed by atoms with Crippen LogP contribution in [0.1, 0.15) is 12.8 Å². The van der Waals surface area contributed by atoms with Crippen molar-refractivity contribution < 1.29 is 31.9 Å². The van der Waals surface area contributed by atoms with E-state index in [1.54, 1.807) is 0 Å².